The zero-order valence-electron chi connectivity index (χ0n) is 17.9. The molecule has 2 rings (SSSR count). The number of nitrogens with zero attached hydrogens (tertiary/aromatic N) is 1. The third kappa shape index (κ3) is 4.98. The van der Waals surface area contributed by atoms with Crippen molar-refractivity contribution in [2.75, 3.05) is 6.26 Å². The van der Waals surface area contributed by atoms with Crippen molar-refractivity contribution in [2.24, 2.45) is 7.05 Å². The summed E-state index contributed by atoms with van der Waals surface area (Å²) in [6.07, 6.45) is 5.07. The van der Waals surface area contributed by atoms with Gasteiger partial charge in [0.25, 0.3) is 0 Å². The number of benzene rings is 1. The second-order valence-corrected chi connectivity index (χ2v) is 10.2. The Balaban J connectivity index is 2.31. The number of rotatable bonds is 5. The lowest BCUT2D eigenvalue weighted by Crippen LogP contribution is -2.18. The van der Waals surface area contributed by atoms with E-state index in [-0.39, 0.29) is 16.6 Å². The molecule has 0 saturated carbocycles. The number of phenols is 1. The molecule has 0 spiro atoms. The Morgan fingerprint density at radius 1 is 1.04 bits per heavy atom. The normalized spacial score (nSPS) is 12.4. The lowest BCUT2D eigenvalue weighted by atomic mass is 9.78. The van der Waals surface area contributed by atoms with Crippen LogP contribution in [0.5, 0.6) is 5.75 Å². The van der Waals surface area contributed by atoms with Crippen molar-refractivity contribution < 1.29 is 9.90 Å². The van der Waals surface area contributed by atoms with E-state index in [0.717, 1.165) is 27.3 Å². The van der Waals surface area contributed by atoms with Crippen molar-refractivity contribution in [3.05, 3.63) is 46.6 Å². The van der Waals surface area contributed by atoms with Gasteiger partial charge >= 0.3 is 0 Å². The molecule has 2 aromatic rings. The number of carbonyl (C=O) groups is 1. The van der Waals surface area contributed by atoms with E-state index >= 15 is 0 Å². The highest BCUT2D eigenvalue weighted by atomic mass is 32.2. The van der Waals surface area contributed by atoms with Crippen molar-refractivity contribution in [3.8, 4) is 5.75 Å². The van der Waals surface area contributed by atoms with Crippen LogP contribution in [-0.2, 0) is 24.3 Å². The molecule has 0 atom stereocenters. The van der Waals surface area contributed by atoms with Crippen LogP contribution in [0.2, 0.25) is 0 Å². The van der Waals surface area contributed by atoms with Crippen molar-refractivity contribution in [1.82, 2.24) is 4.57 Å². The number of aromatic hydroxyl groups is 1. The van der Waals surface area contributed by atoms with Gasteiger partial charge in [0.05, 0.1) is 5.03 Å². The van der Waals surface area contributed by atoms with Crippen LogP contribution in [0.3, 0.4) is 0 Å². The summed E-state index contributed by atoms with van der Waals surface area (Å²) >= 11 is 1.64. The van der Waals surface area contributed by atoms with E-state index in [1.54, 1.807) is 11.8 Å². The Morgan fingerprint density at radius 3 is 1.96 bits per heavy atom. The van der Waals surface area contributed by atoms with Crippen LogP contribution in [-0.4, -0.2) is 21.7 Å². The molecule has 0 amide bonds. The van der Waals surface area contributed by atoms with Crippen molar-refractivity contribution in [3.63, 3.8) is 0 Å². The molecule has 148 valence electrons. The molecule has 0 unspecified atom stereocenters. The first-order chi connectivity index (χ1) is 12.3. The molecule has 1 aromatic heterocycles. The Hall–Kier alpha value is -1.68. The summed E-state index contributed by atoms with van der Waals surface area (Å²) in [5.74, 6) is 0.548. The van der Waals surface area contributed by atoms with Crippen LogP contribution >= 0.6 is 11.8 Å². The maximum atomic E-state index is 12.7. The number of Topliss-reactive ketones (excluding diaryl/α,β-unsaturated/α-hetero) is 1. The number of aryl methyl sites for hydroxylation is 2. The lowest BCUT2D eigenvalue weighted by molar-refractivity contribution is 0.0983. The Kier molecular flexibility index (Phi) is 6.20. The van der Waals surface area contributed by atoms with E-state index in [0.29, 0.717) is 18.6 Å². The van der Waals surface area contributed by atoms with E-state index in [4.69, 9.17) is 0 Å². The van der Waals surface area contributed by atoms with E-state index in [9.17, 15) is 9.90 Å². The third-order valence-electron chi connectivity index (χ3n) is 4.92. The molecule has 1 aromatic carbocycles. The summed E-state index contributed by atoms with van der Waals surface area (Å²) in [5, 5.41) is 11.9. The van der Waals surface area contributed by atoms with Gasteiger partial charge < -0.3 is 9.67 Å². The van der Waals surface area contributed by atoms with Gasteiger partial charge in [0.2, 0.25) is 0 Å². The predicted molar refractivity (Wildman–Crippen MR) is 115 cm³/mol. The molecule has 1 N–H and O–H groups in total. The minimum absolute atomic E-state index is 0.156. The second kappa shape index (κ2) is 7.75. The van der Waals surface area contributed by atoms with Crippen LogP contribution in [0.1, 0.15) is 75.0 Å². The zero-order chi connectivity index (χ0) is 20.6. The van der Waals surface area contributed by atoms with E-state index in [2.05, 4.69) is 53.7 Å². The molecular weight excluding hydrogens is 354 g/mol. The minimum atomic E-state index is -0.156. The smallest absolute Gasteiger partial charge is 0.164 e. The van der Waals surface area contributed by atoms with Crippen LogP contribution in [0, 0.1) is 0 Å². The molecule has 0 radical (unpaired) electrons. The van der Waals surface area contributed by atoms with Crippen molar-refractivity contribution in [2.45, 2.75) is 70.2 Å². The Morgan fingerprint density at radius 2 is 1.56 bits per heavy atom. The Bertz CT molecular complexity index is 800. The molecule has 0 aliphatic heterocycles. The van der Waals surface area contributed by atoms with Crippen LogP contribution in [0.4, 0.5) is 0 Å². The molecule has 0 fully saturated rings. The van der Waals surface area contributed by atoms with Gasteiger partial charge in [0.15, 0.2) is 5.78 Å². The average molecular weight is 388 g/mol. The number of phenolic OH excluding ortho intramolecular Hbond substituents is 1. The van der Waals surface area contributed by atoms with E-state index in [1.807, 2.05) is 30.1 Å². The fraction of sp³-hybridized carbons (Fsp3) is 0.522. The molecule has 0 aliphatic rings. The highest BCUT2D eigenvalue weighted by Gasteiger charge is 2.26. The SMILES string of the molecule is CSc1cc(C(=O)CCc2cc(C(C)(C)C)c(O)c(C(C)(C)C)c2)cn1C. The third-order valence-corrected chi connectivity index (χ3v) is 5.74. The van der Waals surface area contributed by atoms with Gasteiger partial charge in [-0.2, -0.15) is 0 Å². The first-order valence-corrected chi connectivity index (χ1v) is 10.7. The predicted octanol–water partition coefficient (Wildman–Crippen LogP) is 5.86. The number of thioether (sulfide) groups is 1. The molecule has 0 aliphatic carbocycles. The van der Waals surface area contributed by atoms with Crippen LogP contribution in [0.25, 0.3) is 0 Å². The van der Waals surface area contributed by atoms with Crippen LogP contribution in [0.15, 0.2) is 29.4 Å². The van der Waals surface area contributed by atoms with Crippen molar-refractivity contribution >= 4 is 17.5 Å². The standard InChI is InChI=1S/C23H33NO2S/c1-22(2,3)17-11-15(12-18(21(17)26)23(4,5)6)9-10-19(25)16-13-20(27-8)24(7)14-16/h11-14,26H,9-10H2,1-8H3. The molecule has 4 heteroatoms. The first-order valence-electron chi connectivity index (χ1n) is 9.45. The van der Waals surface area contributed by atoms with Crippen molar-refractivity contribution in [1.29, 1.82) is 0 Å². The summed E-state index contributed by atoms with van der Waals surface area (Å²) in [6, 6.07) is 6.09. The largest absolute Gasteiger partial charge is 0.507 e. The highest BCUT2D eigenvalue weighted by molar-refractivity contribution is 7.98. The molecule has 0 saturated heterocycles. The topological polar surface area (TPSA) is 42.2 Å². The molecule has 0 bridgehead atoms. The molecule has 27 heavy (non-hydrogen) atoms. The summed E-state index contributed by atoms with van der Waals surface area (Å²) in [6.45, 7) is 12.7. The van der Waals surface area contributed by atoms with Gasteiger partial charge in [0.1, 0.15) is 5.75 Å². The van der Waals surface area contributed by atoms with Gasteiger partial charge in [-0.3, -0.25) is 4.79 Å². The van der Waals surface area contributed by atoms with E-state index in [1.165, 1.54) is 0 Å². The fourth-order valence-electron chi connectivity index (χ4n) is 3.28. The number of hydrogen-bond donors (Lipinski definition) is 1. The monoisotopic (exact) mass is 387 g/mol. The van der Waals surface area contributed by atoms with E-state index < -0.39 is 0 Å². The van der Waals surface area contributed by atoms with Gasteiger partial charge in [-0.1, -0.05) is 53.7 Å². The lowest BCUT2D eigenvalue weighted by Gasteiger charge is -2.28. The number of carbonyl (C=O) groups excluding carboxylic acids is 1. The molecule has 1 heterocycles. The van der Waals surface area contributed by atoms with Gasteiger partial charge in [-0.05, 0) is 46.3 Å². The maximum absolute atomic E-state index is 12.7. The number of aromatic nitrogens is 1. The second-order valence-electron chi connectivity index (χ2n) is 9.34. The average Bonchev–Trinajstić information content (AvgIpc) is 2.92. The fourth-order valence-corrected chi connectivity index (χ4v) is 3.87. The highest BCUT2D eigenvalue weighted by Crippen LogP contribution is 2.40. The van der Waals surface area contributed by atoms with Gasteiger partial charge in [-0.15, -0.1) is 11.8 Å². The minimum Gasteiger partial charge on any atom is -0.507 e. The van der Waals surface area contributed by atoms with Crippen LogP contribution < -0.4 is 0 Å². The molecule has 3 nitrogen and oxygen atoms in total. The summed E-state index contributed by atoms with van der Waals surface area (Å²) in [4.78, 5) is 12.7. The number of hydrogen-bond acceptors (Lipinski definition) is 3. The van der Waals surface area contributed by atoms with Gasteiger partial charge in [0, 0.05) is 25.2 Å². The number of ketones is 1. The summed E-state index contributed by atoms with van der Waals surface area (Å²) in [5.41, 5.74) is 3.46. The Labute approximate surface area is 168 Å². The molecular formula is C23H33NO2S. The maximum Gasteiger partial charge on any atom is 0.164 e. The first kappa shape index (κ1) is 21.6. The van der Waals surface area contributed by atoms with Gasteiger partial charge in [-0.25, -0.2) is 0 Å². The summed E-state index contributed by atoms with van der Waals surface area (Å²) < 4.78 is 1.99. The zero-order valence-corrected chi connectivity index (χ0v) is 18.8. The summed E-state index contributed by atoms with van der Waals surface area (Å²) in [7, 11) is 1.97. The quantitative estimate of drug-likeness (QED) is 0.516.